The monoisotopic (exact) mass is 261 g/mol. The first-order valence-corrected chi connectivity index (χ1v) is 6.89. The second kappa shape index (κ2) is 6.17. The van der Waals surface area contributed by atoms with Crippen LogP contribution in [0.3, 0.4) is 0 Å². The summed E-state index contributed by atoms with van der Waals surface area (Å²) in [6.07, 6.45) is 4.08. The van der Waals surface area contributed by atoms with Gasteiger partial charge in [-0.3, -0.25) is 10.3 Å². The molecule has 1 aliphatic rings. The molecule has 0 bridgehead atoms. The Labute approximate surface area is 114 Å². The van der Waals surface area contributed by atoms with Crippen LogP contribution < -0.4 is 5.73 Å². The fourth-order valence-electron chi connectivity index (χ4n) is 2.85. The summed E-state index contributed by atoms with van der Waals surface area (Å²) in [5, 5.41) is 17.5. The lowest BCUT2D eigenvalue weighted by molar-refractivity contribution is 0.0288. The summed E-state index contributed by atoms with van der Waals surface area (Å²) in [6.45, 7) is 0.781. The van der Waals surface area contributed by atoms with Crippen LogP contribution in [-0.4, -0.2) is 35.0 Å². The summed E-state index contributed by atoms with van der Waals surface area (Å²) in [7, 11) is 2.06. The van der Waals surface area contributed by atoms with Crippen molar-refractivity contribution in [2.45, 2.75) is 44.4 Å². The van der Waals surface area contributed by atoms with Crippen LogP contribution >= 0.6 is 0 Å². The molecule has 19 heavy (non-hydrogen) atoms. The lowest BCUT2D eigenvalue weighted by atomic mass is 9.91. The molecule has 2 rings (SSSR count). The molecule has 0 radical (unpaired) electrons. The maximum Gasteiger partial charge on any atom is 0.122 e. The van der Waals surface area contributed by atoms with E-state index in [1.54, 1.807) is 0 Å². The van der Waals surface area contributed by atoms with E-state index >= 15 is 0 Å². The molecule has 4 heteroatoms. The molecule has 1 aromatic carbocycles. The van der Waals surface area contributed by atoms with E-state index in [9.17, 15) is 5.11 Å². The van der Waals surface area contributed by atoms with Gasteiger partial charge in [0.05, 0.1) is 6.10 Å². The van der Waals surface area contributed by atoms with Crippen molar-refractivity contribution in [3.8, 4) is 0 Å². The van der Waals surface area contributed by atoms with E-state index in [1.807, 2.05) is 24.3 Å². The smallest absolute Gasteiger partial charge is 0.122 e. The zero-order valence-corrected chi connectivity index (χ0v) is 11.5. The normalized spacial score (nSPS) is 23.5. The Bertz CT molecular complexity index is 447. The molecule has 4 nitrogen and oxygen atoms in total. The fourth-order valence-corrected chi connectivity index (χ4v) is 2.85. The molecule has 0 saturated heterocycles. The van der Waals surface area contributed by atoms with Gasteiger partial charge < -0.3 is 10.8 Å². The molecule has 1 saturated carbocycles. The third kappa shape index (κ3) is 3.55. The quantitative estimate of drug-likeness (QED) is 0.570. The molecule has 1 aromatic rings. The first-order chi connectivity index (χ1) is 9.08. The highest BCUT2D eigenvalue weighted by molar-refractivity contribution is 5.95. The van der Waals surface area contributed by atoms with Gasteiger partial charge in [0.1, 0.15) is 5.84 Å². The number of likely N-dealkylation sites (N-methyl/N-ethyl adjacent to an activating group) is 1. The maximum atomic E-state index is 10.1. The summed E-state index contributed by atoms with van der Waals surface area (Å²) in [5.41, 5.74) is 7.40. The highest BCUT2D eigenvalue weighted by atomic mass is 16.3. The molecule has 2 atom stereocenters. The Balaban J connectivity index is 2.03. The minimum Gasteiger partial charge on any atom is -0.391 e. The van der Waals surface area contributed by atoms with E-state index < -0.39 is 0 Å². The van der Waals surface area contributed by atoms with Gasteiger partial charge in [-0.05, 0) is 31.5 Å². The van der Waals surface area contributed by atoms with E-state index in [-0.39, 0.29) is 18.0 Å². The summed E-state index contributed by atoms with van der Waals surface area (Å²) in [6, 6.07) is 8.01. The van der Waals surface area contributed by atoms with Crippen molar-refractivity contribution in [1.82, 2.24) is 4.90 Å². The van der Waals surface area contributed by atoms with Crippen molar-refractivity contribution in [2.75, 3.05) is 7.05 Å². The Morgan fingerprint density at radius 2 is 2.16 bits per heavy atom. The van der Waals surface area contributed by atoms with Gasteiger partial charge in [-0.2, -0.15) is 0 Å². The van der Waals surface area contributed by atoms with E-state index in [1.165, 1.54) is 6.42 Å². The minimum absolute atomic E-state index is 0.0993. The van der Waals surface area contributed by atoms with Crippen molar-refractivity contribution >= 4 is 5.84 Å². The summed E-state index contributed by atoms with van der Waals surface area (Å²) < 4.78 is 0. The van der Waals surface area contributed by atoms with Crippen LogP contribution in [-0.2, 0) is 6.54 Å². The number of amidine groups is 1. The highest BCUT2D eigenvalue weighted by Crippen LogP contribution is 2.23. The standard InChI is InChI=1S/C15H23N3O/c1-18(13-7-2-3-8-14(13)19)10-11-5-4-6-12(9-11)15(16)17/h4-6,9,13-14,19H,2-3,7-8,10H2,1H3,(H3,16,17). The number of nitrogens with two attached hydrogens (primary N) is 1. The molecule has 0 spiro atoms. The van der Waals surface area contributed by atoms with Crippen LogP contribution in [0.2, 0.25) is 0 Å². The Morgan fingerprint density at radius 1 is 1.42 bits per heavy atom. The van der Waals surface area contributed by atoms with Gasteiger partial charge in [0.2, 0.25) is 0 Å². The number of hydrogen-bond acceptors (Lipinski definition) is 3. The molecule has 2 unspecified atom stereocenters. The number of nitrogens with one attached hydrogen (secondary N) is 1. The Kier molecular flexibility index (Phi) is 4.56. The molecular weight excluding hydrogens is 238 g/mol. The van der Waals surface area contributed by atoms with E-state index in [0.717, 1.165) is 36.9 Å². The van der Waals surface area contributed by atoms with Crippen molar-refractivity contribution in [3.05, 3.63) is 35.4 Å². The van der Waals surface area contributed by atoms with Crippen LogP contribution in [0.5, 0.6) is 0 Å². The summed E-state index contributed by atoms with van der Waals surface area (Å²) in [4.78, 5) is 2.21. The largest absolute Gasteiger partial charge is 0.391 e. The van der Waals surface area contributed by atoms with Crippen LogP contribution in [0.15, 0.2) is 24.3 Å². The predicted octanol–water partition coefficient (Wildman–Crippen LogP) is 1.71. The molecular formula is C15H23N3O. The van der Waals surface area contributed by atoms with Gasteiger partial charge >= 0.3 is 0 Å². The average molecular weight is 261 g/mol. The zero-order valence-electron chi connectivity index (χ0n) is 11.5. The first kappa shape index (κ1) is 14.0. The van der Waals surface area contributed by atoms with Gasteiger partial charge in [-0.15, -0.1) is 0 Å². The van der Waals surface area contributed by atoms with Crippen molar-refractivity contribution in [1.29, 1.82) is 5.41 Å². The van der Waals surface area contributed by atoms with Gasteiger partial charge in [-0.25, -0.2) is 0 Å². The third-order valence-electron chi connectivity index (χ3n) is 3.93. The SMILES string of the molecule is CN(Cc1cccc(C(=N)N)c1)C1CCCCC1O. The second-order valence-electron chi connectivity index (χ2n) is 5.45. The van der Waals surface area contributed by atoms with E-state index in [0.29, 0.717) is 0 Å². The Hall–Kier alpha value is -1.39. The predicted molar refractivity (Wildman–Crippen MR) is 77.2 cm³/mol. The topological polar surface area (TPSA) is 73.3 Å². The number of hydrogen-bond donors (Lipinski definition) is 3. The van der Waals surface area contributed by atoms with Crippen LogP contribution in [0.4, 0.5) is 0 Å². The number of aliphatic hydroxyl groups is 1. The van der Waals surface area contributed by atoms with Gasteiger partial charge in [0.15, 0.2) is 0 Å². The molecule has 0 heterocycles. The molecule has 104 valence electrons. The van der Waals surface area contributed by atoms with Crippen LogP contribution in [0.1, 0.15) is 36.8 Å². The first-order valence-electron chi connectivity index (χ1n) is 6.89. The third-order valence-corrected chi connectivity index (χ3v) is 3.93. The Morgan fingerprint density at radius 3 is 2.84 bits per heavy atom. The molecule has 4 N–H and O–H groups in total. The van der Waals surface area contributed by atoms with Gasteiger partial charge in [-0.1, -0.05) is 31.0 Å². The van der Waals surface area contributed by atoms with E-state index in [4.69, 9.17) is 11.1 Å². The molecule has 1 aliphatic carbocycles. The van der Waals surface area contributed by atoms with Crippen molar-refractivity contribution in [2.24, 2.45) is 5.73 Å². The number of aliphatic hydroxyl groups excluding tert-OH is 1. The van der Waals surface area contributed by atoms with Crippen molar-refractivity contribution in [3.63, 3.8) is 0 Å². The number of nitrogens with zero attached hydrogens (tertiary/aromatic N) is 1. The maximum absolute atomic E-state index is 10.1. The van der Waals surface area contributed by atoms with E-state index in [2.05, 4.69) is 11.9 Å². The average Bonchev–Trinajstić information content (AvgIpc) is 2.39. The lowest BCUT2D eigenvalue weighted by Gasteiger charge is -2.35. The van der Waals surface area contributed by atoms with Gasteiger partial charge in [0.25, 0.3) is 0 Å². The fraction of sp³-hybridized carbons (Fsp3) is 0.533. The number of benzene rings is 1. The molecule has 1 fully saturated rings. The molecule has 0 aromatic heterocycles. The summed E-state index contributed by atoms with van der Waals surface area (Å²) in [5.74, 6) is 0.0993. The second-order valence-corrected chi connectivity index (χ2v) is 5.45. The number of nitrogen functional groups attached to an aromatic ring is 1. The van der Waals surface area contributed by atoms with Crippen molar-refractivity contribution < 1.29 is 5.11 Å². The molecule has 0 amide bonds. The lowest BCUT2D eigenvalue weighted by Crippen LogP contribution is -2.42. The van der Waals surface area contributed by atoms with Crippen LogP contribution in [0, 0.1) is 5.41 Å². The number of rotatable bonds is 4. The summed E-state index contributed by atoms with van der Waals surface area (Å²) >= 11 is 0. The minimum atomic E-state index is -0.213. The zero-order chi connectivity index (χ0) is 13.8. The molecule has 0 aliphatic heterocycles. The van der Waals surface area contributed by atoms with Crippen LogP contribution in [0.25, 0.3) is 0 Å². The van der Waals surface area contributed by atoms with Gasteiger partial charge in [0, 0.05) is 18.2 Å². The highest BCUT2D eigenvalue weighted by Gasteiger charge is 2.26.